The Balaban J connectivity index is 1.59. The lowest BCUT2D eigenvalue weighted by molar-refractivity contribution is -0.127. The molecule has 0 bridgehead atoms. The molecule has 1 fully saturated rings. The number of carbonyl (C=O) groups excluding carboxylic acids is 3. The summed E-state index contributed by atoms with van der Waals surface area (Å²) in [6.07, 6.45) is 3.69. The molecule has 2 aromatic rings. The Labute approximate surface area is 203 Å². The first-order chi connectivity index (χ1) is 16.5. The Bertz CT molecular complexity index is 1300. The Kier molecular flexibility index (Phi) is 6.10. The quantitative estimate of drug-likeness (QED) is 0.501. The number of amides is 4. The molecule has 2 aromatic carbocycles. The van der Waals surface area contributed by atoms with Crippen molar-refractivity contribution in [2.45, 2.75) is 26.3 Å². The molecule has 1 saturated heterocycles. The van der Waals surface area contributed by atoms with Gasteiger partial charge in [0.15, 0.2) is 0 Å². The van der Waals surface area contributed by atoms with Crippen LogP contribution in [0.3, 0.4) is 0 Å². The minimum absolute atomic E-state index is 0.0121. The lowest BCUT2D eigenvalue weighted by Crippen LogP contribution is -2.42. The first kappa shape index (κ1) is 24.0. The van der Waals surface area contributed by atoms with Crippen LogP contribution in [0.1, 0.15) is 31.9 Å². The summed E-state index contributed by atoms with van der Waals surface area (Å²) in [4.78, 5) is 40.6. The van der Waals surface area contributed by atoms with Crippen molar-refractivity contribution in [3.05, 3.63) is 65.1 Å². The standard InChI is InChI=1S/C26H27FN4O4/c1-15-13-26(2,3)30(4)21-12-22(35-5)16(10-17(15)21)11-20-24(33)31(25(34)29-20)14-23(32)28-19-9-7-6-8-18(19)27/h6-13H,14H2,1-5H3,(H,28,32)(H,29,34)/b20-11+. The molecule has 9 heteroatoms. The predicted octanol–water partition coefficient (Wildman–Crippen LogP) is 4.00. The molecule has 0 radical (unpaired) electrons. The number of urea groups is 1. The number of carbonyl (C=O) groups is 3. The van der Waals surface area contributed by atoms with Crippen molar-refractivity contribution in [2.75, 3.05) is 30.9 Å². The fourth-order valence-corrected chi connectivity index (χ4v) is 4.25. The zero-order valence-electron chi connectivity index (χ0n) is 20.2. The molecule has 0 aliphatic carbocycles. The highest BCUT2D eigenvalue weighted by Gasteiger charge is 2.36. The van der Waals surface area contributed by atoms with Crippen molar-refractivity contribution >= 4 is 40.9 Å². The van der Waals surface area contributed by atoms with Crippen LogP contribution in [-0.2, 0) is 9.59 Å². The second kappa shape index (κ2) is 8.90. The van der Waals surface area contributed by atoms with Gasteiger partial charge in [0.05, 0.1) is 18.3 Å². The van der Waals surface area contributed by atoms with Crippen LogP contribution in [0.2, 0.25) is 0 Å². The van der Waals surface area contributed by atoms with Gasteiger partial charge in [0.2, 0.25) is 5.91 Å². The molecular formula is C26H27FN4O4. The SMILES string of the molecule is COc1cc2c(cc1/C=C1/NC(=O)N(CC(=O)Nc3ccccc3F)C1=O)C(C)=CC(C)(C)N2C. The van der Waals surface area contributed by atoms with Gasteiger partial charge in [-0.1, -0.05) is 18.2 Å². The summed E-state index contributed by atoms with van der Waals surface area (Å²) in [7, 11) is 3.54. The van der Waals surface area contributed by atoms with Crippen molar-refractivity contribution in [1.82, 2.24) is 10.2 Å². The van der Waals surface area contributed by atoms with Gasteiger partial charge in [0.1, 0.15) is 23.8 Å². The van der Waals surface area contributed by atoms with Gasteiger partial charge >= 0.3 is 6.03 Å². The van der Waals surface area contributed by atoms with Crippen LogP contribution in [0.25, 0.3) is 11.6 Å². The number of nitrogens with zero attached hydrogens (tertiary/aromatic N) is 2. The van der Waals surface area contributed by atoms with Crippen LogP contribution in [0.4, 0.5) is 20.6 Å². The normalized spacial score (nSPS) is 17.8. The molecule has 0 aromatic heterocycles. The van der Waals surface area contributed by atoms with Gasteiger partial charge in [-0.15, -0.1) is 0 Å². The number of halogens is 1. The van der Waals surface area contributed by atoms with E-state index in [9.17, 15) is 18.8 Å². The van der Waals surface area contributed by atoms with Gasteiger partial charge in [-0.25, -0.2) is 14.1 Å². The second-order valence-corrected chi connectivity index (χ2v) is 9.06. The average Bonchev–Trinajstić information content (AvgIpc) is 3.06. The number of fused-ring (bicyclic) bond motifs is 1. The Morgan fingerprint density at radius 2 is 1.94 bits per heavy atom. The fourth-order valence-electron chi connectivity index (χ4n) is 4.25. The number of ether oxygens (including phenoxy) is 1. The van der Waals surface area contributed by atoms with E-state index in [4.69, 9.17) is 4.74 Å². The van der Waals surface area contributed by atoms with E-state index < -0.39 is 30.2 Å². The molecule has 2 aliphatic rings. The molecule has 4 amide bonds. The zero-order valence-corrected chi connectivity index (χ0v) is 20.2. The van der Waals surface area contributed by atoms with Crippen LogP contribution in [0.5, 0.6) is 5.75 Å². The van der Waals surface area contributed by atoms with E-state index in [-0.39, 0.29) is 16.9 Å². The Morgan fingerprint density at radius 1 is 1.23 bits per heavy atom. The maximum atomic E-state index is 13.8. The highest BCUT2D eigenvalue weighted by Crippen LogP contribution is 2.41. The van der Waals surface area contributed by atoms with Crippen molar-refractivity contribution in [3.8, 4) is 5.75 Å². The maximum Gasteiger partial charge on any atom is 0.329 e. The molecular weight excluding hydrogens is 451 g/mol. The highest BCUT2D eigenvalue weighted by atomic mass is 19.1. The minimum Gasteiger partial charge on any atom is -0.496 e. The largest absolute Gasteiger partial charge is 0.496 e. The molecule has 2 heterocycles. The number of rotatable bonds is 5. The summed E-state index contributed by atoms with van der Waals surface area (Å²) in [6, 6.07) is 8.72. The molecule has 4 rings (SSSR count). The van der Waals surface area contributed by atoms with Gasteiger partial charge in [0.25, 0.3) is 5.91 Å². The third kappa shape index (κ3) is 4.49. The number of allylic oxidation sites excluding steroid dienone is 1. The van der Waals surface area contributed by atoms with E-state index in [1.807, 2.05) is 26.1 Å². The number of hydrogen-bond donors (Lipinski definition) is 2. The van der Waals surface area contributed by atoms with E-state index >= 15 is 0 Å². The monoisotopic (exact) mass is 478 g/mol. The van der Waals surface area contributed by atoms with Crippen molar-refractivity contribution in [3.63, 3.8) is 0 Å². The van der Waals surface area contributed by atoms with Crippen LogP contribution in [0.15, 0.2) is 48.2 Å². The molecule has 0 unspecified atom stereocenters. The van der Waals surface area contributed by atoms with E-state index in [0.717, 1.165) is 21.7 Å². The first-order valence-electron chi connectivity index (χ1n) is 11.1. The second-order valence-electron chi connectivity index (χ2n) is 9.06. The zero-order chi connectivity index (χ0) is 25.5. The van der Waals surface area contributed by atoms with Gasteiger partial charge < -0.3 is 20.3 Å². The molecule has 0 saturated carbocycles. The fraction of sp³-hybridized carbons (Fsp3) is 0.269. The van der Waals surface area contributed by atoms with E-state index in [1.54, 1.807) is 6.07 Å². The molecule has 35 heavy (non-hydrogen) atoms. The lowest BCUT2D eigenvalue weighted by atomic mass is 9.88. The van der Waals surface area contributed by atoms with Crippen molar-refractivity contribution < 1.29 is 23.5 Å². The van der Waals surface area contributed by atoms with E-state index in [0.29, 0.717) is 11.3 Å². The number of likely N-dealkylation sites (N-methyl/N-ethyl adjacent to an activating group) is 1. The van der Waals surface area contributed by atoms with Crippen molar-refractivity contribution in [1.29, 1.82) is 0 Å². The maximum absolute atomic E-state index is 13.8. The molecule has 182 valence electrons. The number of anilines is 2. The summed E-state index contributed by atoms with van der Waals surface area (Å²) >= 11 is 0. The number of nitrogens with one attached hydrogen (secondary N) is 2. The Morgan fingerprint density at radius 3 is 2.63 bits per heavy atom. The summed E-state index contributed by atoms with van der Waals surface area (Å²) < 4.78 is 19.4. The van der Waals surface area contributed by atoms with Crippen LogP contribution in [-0.4, -0.2) is 49.0 Å². The van der Waals surface area contributed by atoms with Crippen LogP contribution < -0.4 is 20.3 Å². The summed E-state index contributed by atoms with van der Waals surface area (Å²) in [5.41, 5.74) is 3.46. The van der Waals surface area contributed by atoms with Gasteiger partial charge in [0, 0.05) is 29.9 Å². The molecule has 2 aliphatic heterocycles. The van der Waals surface area contributed by atoms with Gasteiger partial charge in [-0.05, 0) is 50.6 Å². The van der Waals surface area contributed by atoms with Gasteiger partial charge in [-0.3, -0.25) is 9.59 Å². The number of methoxy groups -OCH3 is 1. The third-order valence-corrected chi connectivity index (χ3v) is 6.28. The van der Waals surface area contributed by atoms with Crippen molar-refractivity contribution in [2.24, 2.45) is 0 Å². The Hall–Kier alpha value is -4.14. The average molecular weight is 479 g/mol. The number of hydrogen-bond acceptors (Lipinski definition) is 5. The first-order valence-corrected chi connectivity index (χ1v) is 11.1. The third-order valence-electron chi connectivity index (χ3n) is 6.28. The summed E-state index contributed by atoms with van der Waals surface area (Å²) in [6.45, 7) is 5.70. The molecule has 0 spiro atoms. The van der Waals surface area contributed by atoms with E-state index in [1.165, 1.54) is 31.4 Å². The number of benzene rings is 2. The van der Waals surface area contributed by atoms with E-state index in [2.05, 4.69) is 35.5 Å². The number of imide groups is 1. The van der Waals surface area contributed by atoms with Gasteiger partial charge in [-0.2, -0.15) is 0 Å². The molecule has 8 nitrogen and oxygen atoms in total. The lowest BCUT2D eigenvalue weighted by Gasteiger charge is -2.41. The summed E-state index contributed by atoms with van der Waals surface area (Å²) in [5, 5.41) is 4.88. The smallest absolute Gasteiger partial charge is 0.329 e. The molecule has 0 atom stereocenters. The van der Waals surface area contributed by atoms with Crippen LogP contribution in [0, 0.1) is 5.82 Å². The predicted molar refractivity (Wildman–Crippen MR) is 132 cm³/mol. The topological polar surface area (TPSA) is 91.0 Å². The number of para-hydroxylation sites is 1. The van der Waals surface area contributed by atoms with Crippen LogP contribution >= 0.6 is 0 Å². The minimum atomic E-state index is -0.737. The summed E-state index contributed by atoms with van der Waals surface area (Å²) in [5.74, 6) is -1.44. The highest BCUT2D eigenvalue weighted by molar-refractivity contribution is 6.16. The molecule has 2 N–H and O–H groups in total.